The first-order chi connectivity index (χ1) is 17.8. The molecule has 0 aliphatic heterocycles. The highest BCUT2D eigenvalue weighted by Crippen LogP contribution is 2.34. The second kappa shape index (κ2) is 12.5. The molecule has 3 rings (SSSR count). The van der Waals surface area contributed by atoms with Crippen LogP contribution in [0, 0.1) is 0 Å². The molecule has 10 heteroatoms. The predicted molar refractivity (Wildman–Crippen MR) is 151 cm³/mol. The zero-order valence-electron chi connectivity index (χ0n) is 23.3. The summed E-state index contributed by atoms with van der Waals surface area (Å²) in [7, 11) is 0.689. The molecule has 0 unspecified atom stereocenters. The minimum Gasteiger partial charge on any atom is -0.467 e. The average molecular weight is 546 g/mol. The van der Waals surface area contributed by atoms with E-state index in [0.717, 1.165) is 22.3 Å². The van der Waals surface area contributed by atoms with E-state index in [9.17, 15) is 9.59 Å². The highest BCUT2D eigenvalue weighted by molar-refractivity contribution is 8.32. The topological polar surface area (TPSA) is 101 Å². The van der Waals surface area contributed by atoms with Gasteiger partial charge in [0.1, 0.15) is 35.5 Å². The van der Waals surface area contributed by atoms with Gasteiger partial charge >= 0.3 is 12.1 Å². The van der Waals surface area contributed by atoms with E-state index in [1.165, 1.54) is 7.11 Å². The van der Waals surface area contributed by atoms with Crippen LogP contribution in [0.1, 0.15) is 26.3 Å². The summed E-state index contributed by atoms with van der Waals surface area (Å²) < 4.78 is 24.1. The second-order valence-electron chi connectivity index (χ2n) is 10.8. The minimum absolute atomic E-state index is 0.241. The molecule has 3 aromatic rings. The van der Waals surface area contributed by atoms with E-state index < -0.39 is 33.7 Å². The fourth-order valence-corrected chi connectivity index (χ4v) is 4.19. The molecule has 208 valence electrons. The van der Waals surface area contributed by atoms with Crippen LogP contribution < -0.4 is 10.1 Å². The highest BCUT2D eigenvalue weighted by Gasteiger charge is 2.25. The summed E-state index contributed by atoms with van der Waals surface area (Å²) in [6.07, 6.45) is 10.0. The number of ether oxygens (including phenoxy) is 4. The Balaban J connectivity index is 1.65. The van der Waals surface area contributed by atoms with Crippen LogP contribution in [0.5, 0.6) is 11.5 Å². The van der Waals surface area contributed by atoms with Gasteiger partial charge in [-0.1, -0.05) is 12.1 Å². The van der Waals surface area contributed by atoms with Gasteiger partial charge in [0, 0.05) is 24.6 Å². The van der Waals surface area contributed by atoms with Crippen molar-refractivity contribution in [2.45, 2.75) is 45.6 Å². The number of fused-ring (bicyclic) bond motifs is 1. The third-order valence-electron chi connectivity index (χ3n) is 5.46. The number of methoxy groups -OCH3 is 1. The van der Waals surface area contributed by atoms with Gasteiger partial charge in [-0.15, -0.1) is 0 Å². The molecule has 0 spiro atoms. The van der Waals surface area contributed by atoms with Gasteiger partial charge in [0.05, 0.1) is 19.1 Å². The van der Waals surface area contributed by atoms with E-state index in [4.69, 9.17) is 18.9 Å². The summed E-state index contributed by atoms with van der Waals surface area (Å²) in [5.41, 5.74) is 0.934. The number of nitrogens with one attached hydrogen (secondary N) is 1. The van der Waals surface area contributed by atoms with Crippen LogP contribution in [0.2, 0.25) is 0 Å². The summed E-state index contributed by atoms with van der Waals surface area (Å²) in [6, 6.07) is 10.2. The van der Waals surface area contributed by atoms with Gasteiger partial charge in [-0.2, -0.15) is 0 Å². The lowest BCUT2D eigenvalue weighted by molar-refractivity contribution is -0.143. The maximum atomic E-state index is 12.2. The van der Waals surface area contributed by atoms with E-state index in [-0.39, 0.29) is 6.42 Å². The molecule has 0 saturated heterocycles. The highest BCUT2D eigenvalue weighted by atomic mass is 32.3. The number of pyridine rings is 1. The molecule has 2 aromatic heterocycles. The van der Waals surface area contributed by atoms with Crippen molar-refractivity contribution in [3.8, 4) is 11.5 Å². The number of benzene rings is 1. The minimum atomic E-state index is -0.881. The number of carbonyl (C=O) groups is 2. The quantitative estimate of drug-likeness (QED) is 0.264. The van der Waals surface area contributed by atoms with Crippen LogP contribution in [0.4, 0.5) is 4.79 Å². The van der Waals surface area contributed by atoms with E-state index in [0.29, 0.717) is 24.8 Å². The zero-order valence-corrected chi connectivity index (χ0v) is 24.1. The molecule has 1 atom stereocenters. The number of aromatic nitrogens is 2. The normalized spacial score (nSPS) is 13.1. The molecule has 0 bridgehead atoms. The van der Waals surface area contributed by atoms with Crippen molar-refractivity contribution in [2.75, 3.05) is 38.2 Å². The van der Waals surface area contributed by atoms with Gasteiger partial charge in [-0.05, 0) is 69.4 Å². The fraction of sp³-hybridized carbons (Fsp3) is 0.464. The molecule has 1 amide bonds. The summed E-state index contributed by atoms with van der Waals surface area (Å²) in [5, 5.41) is 3.47. The van der Waals surface area contributed by atoms with Crippen LogP contribution in [0.15, 0.2) is 48.8 Å². The first-order valence-electron chi connectivity index (χ1n) is 12.4. The average Bonchev–Trinajstić information content (AvgIpc) is 3.24. The van der Waals surface area contributed by atoms with Crippen molar-refractivity contribution >= 4 is 33.1 Å². The predicted octanol–water partition coefficient (Wildman–Crippen LogP) is 5.11. The molecule has 1 aromatic carbocycles. The van der Waals surface area contributed by atoms with Crippen molar-refractivity contribution in [1.29, 1.82) is 0 Å². The van der Waals surface area contributed by atoms with E-state index in [1.807, 2.05) is 47.2 Å². The van der Waals surface area contributed by atoms with E-state index >= 15 is 0 Å². The Morgan fingerprint density at radius 1 is 1.08 bits per heavy atom. The zero-order chi connectivity index (χ0) is 27.9. The molecule has 2 heterocycles. The number of alkyl carbamates (subject to hydrolysis) is 1. The van der Waals surface area contributed by atoms with Crippen molar-refractivity contribution in [2.24, 2.45) is 0 Å². The van der Waals surface area contributed by atoms with E-state index in [2.05, 4.69) is 29.1 Å². The Kier molecular flexibility index (Phi) is 9.67. The summed E-state index contributed by atoms with van der Waals surface area (Å²) in [6.45, 7) is 6.42. The first kappa shape index (κ1) is 29.3. The third-order valence-corrected chi connectivity index (χ3v) is 6.85. The number of nitrogens with zero attached hydrogens (tertiary/aromatic N) is 2. The Bertz CT molecular complexity index is 1230. The SMILES string of the molecule is COC(=O)[C@H](Cc1ccc(Oc2ccnc3c2ccn3COCCS(C)(C)C)cc1)NC(=O)OC(C)(C)C. The lowest BCUT2D eigenvalue weighted by Crippen LogP contribution is -2.45. The standard InChI is InChI=1S/C28H39N3O6S/c1-28(2,3)37-27(33)30-23(26(32)34-4)18-20-8-10-21(11-9-20)36-24-12-14-29-25-22(24)13-15-31(25)19-35-16-17-38(5,6)7/h8-15,23H,16-19H2,1-7H3,(H,30,33)/t23-/m0/s1. The molecule has 38 heavy (non-hydrogen) atoms. The van der Waals surface area contributed by atoms with Gasteiger partial charge in [0.2, 0.25) is 0 Å². The molecule has 0 aliphatic carbocycles. The maximum Gasteiger partial charge on any atom is 0.408 e. The number of carbonyl (C=O) groups excluding carboxylic acids is 2. The van der Waals surface area contributed by atoms with Gasteiger partial charge in [-0.25, -0.2) is 24.6 Å². The number of rotatable bonds is 11. The van der Waals surface area contributed by atoms with E-state index in [1.54, 1.807) is 27.0 Å². The lowest BCUT2D eigenvalue weighted by Gasteiger charge is -2.24. The first-order valence-corrected chi connectivity index (χ1v) is 15.4. The van der Waals surface area contributed by atoms with Crippen molar-refractivity contribution in [1.82, 2.24) is 14.9 Å². The number of esters is 1. The molecule has 0 radical (unpaired) electrons. The summed E-state index contributed by atoms with van der Waals surface area (Å²) in [4.78, 5) is 28.9. The largest absolute Gasteiger partial charge is 0.467 e. The molecule has 0 fully saturated rings. The third kappa shape index (κ3) is 8.95. The fourth-order valence-electron chi connectivity index (χ4n) is 3.57. The van der Waals surface area contributed by atoms with Crippen LogP contribution in [-0.2, 0) is 32.2 Å². The molecule has 0 aliphatic rings. The Morgan fingerprint density at radius 3 is 2.42 bits per heavy atom. The Hall–Kier alpha value is -3.24. The second-order valence-corrected chi connectivity index (χ2v) is 15.4. The van der Waals surface area contributed by atoms with Crippen molar-refractivity contribution in [3.05, 3.63) is 54.4 Å². The van der Waals surface area contributed by atoms with Gasteiger partial charge in [0.25, 0.3) is 0 Å². The maximum absolute atomic E-state index is 12.2. The van der Waals surface area contributed by atoms with Crippen LogP contribution in [-0.4, -0.2) is 71.5 Å². The Morgan fingerprint density at radius 2 is 1.79 bits per heavy atom. The van der Waals surface area contributed by atoms with Crippen LogP contribution in [0.3, 0.4) is 0 Å². The molecular formula is C28H39N3O6S. The van der Waals surface area contributed by atoms with Crippen molar-refractivity contribution < 1.29 is 28.5 Å². The van der Waals surface area contributed by atoms with Crippen LogP contribution >= 0.6 is 10.0 Å². The summed E-state index contributed by atoms with van der Waals surface area (Å²) in [5.74, 6) is 1.82. The Labute approximate surface area is 226 Å². The monoisotopic (exact) mass is 545 g/mol. The number of hydrogen-bond donors (Lipinski definition) is 1. The smallest absolute Gasteiger partial charge is 0.408 e. The molecule has 9 nitrogen and oxygen atoms in total. The molecular weight excluding hydrogens is 506 g/mol. The number of hydrogen-bond acceptors (Lipinski definition) is 7. The van der Waals surface area contributed by atoms with Gasteiger partial charge in [0.15, 0.2) is 0 Å². The van der Waals surface area contributed by atoms with Gasteiger partial charge in [-0.3, -0.25) is 0 Å². The van der Waals surface area contributed by atoms with Crippen LogP contribution in [0.25, 0.3) is 11.0 Å². The van der Waals surface area contributed by atoms with Crippen molar-refractivity contribution in [3.63, 3.8) is 0 Å². The molecule has 0 saturated carbocycles. The van der Waals surface area contributed by atoms with Gasteiger partial charge < -0.3 is 28.8 Å². The molecule has 1 N–H and O–H groups in total. The lowest BCUT2D eigenvalue weighted by atomic mass is 10.1. The summed E-state index contributed by atoms with van der Waals surface area (Å²) >= 11 is 0. The number of amides is 1.